The van der Waals surface area contributed by atoms with Crippen LogP contribution < -0.4 is 15.4 Å². The molecule has 0 amide bonds. The molecule has 3 N–H and O–H groups in total. The molecule has 1 unspecified atom stereocenters. The van der Waals surface area contributed by atoms with Gasteiger partial charge in [-0.1, -0.05) is 26.0 Å². The molecule has 0 bridgehead atoms. The second-order valence-corrected chi connectivity index (χ2v) is 9.41. The molecule has 0 radical (unpaired) electrons. The average Bonchev–Trinajstić information content (AvgIpc) is 2.82. The molecule has 0 aliphatic carbocycles. The highest BCUT2D eigenvalue weighted by Crippen LogP contribution is 2.27. The van der Waals surface area contributed by atoms with E-state index >= 15 is 0 Å². The molecule has 1 aliphatic heterocycles. The van der Waals surface area contributed by atoms with Crippen LogP contribution >= 0.6 is 0 Å². The molecule has 1 aliphatic rings. The number of hydrogen-bond acceptors (Lipinski definition) is 4. The van der Waals surface area contributed by atoms with Gasteiger partial charge in [-0.05, 0) is 80.1 Å². The number of guanidine groups is 1. The zero-order chi connectivity index (χ0) is 23.1. The molecule has 2 aromatic rings. The number of nitrogens with two attached hydrogens (primary N) is 1. The summed E-state index contributed by atoms with van der Waals surface area (Å²) in [6, 6.07) is 17.8. The van der Waals surface area contributed by atoms with Gasteiger partial charge in [-0.25, -0.2) is 0 Å². The second-order valence-electron chi connectivity index (χ2n) is 9.41. The predicted molar refractivity (Wildman–Crippen MR) is 130 cm³/mol. The minimum absolute atomic E-state index is 0.115. The van der Waals surface area contributed by atoms with Gasteiger partial charge in [0.2, 0.25) is 0 Å². The molecule has 1 atom stereocenters. The van der Waals surface area contributed by atoms with Crippen LogP contribution in [0.5, 0.6) is 5.75 Å². The number of likely N-dealkylation sites (tertiary alicyclic amines) is 1. The van der Waals surface area contributed by atoms with Gasteiger partial charge in [0.1, 0.15) is 12.4 Å². The summed E-state index contributed by atoms with van der Waals surface area (Å²) in [5, 5.41) is 17.9. The van der Waals surface area contributed by atoms with E-state index < -0.39 is 0 Å². The van der Waals surface area contributed by atoms with Crippen molar-refractivity contribution >= 4 is 11.6 Å². The third kappa shape index (κ3) is 6.02. The van der Waals surface area contributed by atoms with E-state index in [1.807, 2.05) is 36.4 Å². The van der Waals surface area contributed by atoms with Crippen LogP contribution in [0.15, 0.2) is 48.5 Å². The van der Waals surface area contributed by atoms with Crippen LogP contribution in [0, 0.1) is 22.2 Å². The molecule has 1 saturated heterocycles. The predicted octanol–water partition coefficient (Wildman–Crippen LogP) is 4.74. The van der Waals surface area contributed by atoms with Crippen molar-refractivity contribution in [2.24, 2.45) is 11.1 Å². The maximum Gasteiger partial charge on any atom is 0.198 e. The fourth-order valence-corrected chi connectivity index (χ4v) is 3.91. The van der Waals surface area contributed by atoms with E-state index in [1.165, 1.54) is 6.42 Å². The van der Waals surface area contributed by atoms with Gasteiger partial charge in [-0.2, -0.15) is 5.26 Å². The number of nitrogens with zero attached hydrogens (tertiary/aromatic N) is 3. The highest BCUT2D eigenvalue weighted by molar-refractivity contribution is 5.94. The highest BCUT2D eigenvalue weighted by atomic mass is 16.5. The molecule has 6 nitrogen and oxygen atoms in total. The maximum atomic E-state index is 9.00. The molecule has 6 heteroatoms. The molecular weight excluding hydrogens is 398 g/mol. The minimum Gasteiger partial charge on any atom is -0.489 e. The Morgan fingerprint density at radius 3 is 2.47 bits per heavy atom. The molecule has 32 heavy (non-hydrogen) atoms. The number of rotatable bonds is 7. The van der Waals surface area contributed by atoms with Crippen LogP contribution in [0.2, 0.25) is 0 Å². The van der Waals surface area contributed by atoms with E-state index in [0.29, 0.717) is 37.3 Å². The van der Waals surface area contributed by atoms with Gasteiger partial charge >= 0.3 is 0 Å². The van der Waals surface area contributed by atoms with Gasteiger partial charge in [0, 0.05) is 24.8 Å². The SMILES string of the molecule is CC1CCCCN1C(=N)N(CC(C)(C)CN)c1ccc(OCc2ccc(C#N)cc2)cc1. The Morgan fingerprint density at radius 2 is 1.88 bits per heavy atom. The Balaban J connectivity index is 1.74. The maximum absolute atomic E-state index is 9.00. The summed E-state index contributed by atoms with van der Waals surface area (Å²) in [4.78, 5) is 4.30. The summed E-state index contributed by atoms with van der Waals surface area (Å²) in [6.07, 6.45) is 3.48. The Kier molecular flexibility index (Phi) is 7.76. The highest BCUT2D eigenvalue weighted by Gasteiger charge is 2.29. The quantitative estimate of drug-likeness (QED) is 0.486. The van der Waals surface area contributed by atoms with Gasteiger partial charge in [-0.15, -0.1) is 0 Å². The van der Waals surface area contributed by atoms with Crippen molar-refractivity contribution in [3.05, 3.63) is 59.7 Å². The summed E-state index contributed by atoms with van der Waals surface area (Å²) in [6.45, 7) is 9.08. The number of benzene rings is 2. The van der Waals surface area contributed by atoms with E-state index in [-0.39, 0.29) is 5.41 Å². The first kappa shape index (κ1) is 23.6. The van der Waals surface area contributed by atoms with Crippen LogP contribution in [0.1, 0.15) is 51.2 Å². The van der Waals surface area contributed by atoms with Gasteiger partial charge in [0.25, 0.3) is 0 Å². The monoisotopic (exact) mass is 433 g/mol. The van der Waals surface area contributed by atoms with Crippen molar-refractivity contribution in [1.29, 1.82) is 10.7 Å². The first-order valence-corrected chi connectivity index (χ1v) is 11.4. The first-order chi connectivity index (χ1) is 15.3. The molecule has 170 valence electrons. The number of anilines is 1. The molecule has 1 heterocycles. The van der Waals surface area contributed by atoms with Crippen LogP contribution in [0.4, 0.5) is 5.69 Å². The van der Waals surface area contributed by atoms with Crippen LogP contribution in [0.3, 0.4) is 0 Å². The number of ether oxygens (including phenoxy) is 1. The van der Waals surface area contributed by atoms with E-state index in [9.17, 15) is 0 Å². The van der Waals surface area contributed by atoms with Crippen molar-refractivity contribution in [1.82, 2.24) is 4.90 Å². The summed E-state index contributed by atoms with van der Waals surface area (Å²) < 4.78 is 5.93. The molecule has 2 aromatic carbocycles. The van der Waals surface area contributed by atoms with Gasteiger partial charge < -0.3 is 20.3 Å². The van der Waals surface area contributed by atoms with Crippen LogP contribution in [-0.2, 0) is 6.61 Å². The first-order valence-electron chi connectivity index (χ1n) is 11.4. The number of piperidine rings is 1. The fraction of sp³-hybridized carbons (Fsp3) is 0.462. The van der Waals surface area contributed by atoms with Gasteiger partial charge in [0.05, 0.1) is 11.6 Å². The zero-order valence-electron chi connectivity index (χ0n) is 19.5. The molecule has 0 aromatic heterocycles. The number of nitrogens with one attached hydrogen (secondary N) is 1. The topological polar surface area (TPSA) is 89.4 Å². The Hall–Kier alpha value is -3.04. The van der Waals surface area contributed by atoms with Crippen molar-refractivity contribution in [2.75, 3.05) is 24.5 Å². The third-order valence-corrected chi connectivity index (χ3v) is 6.11. The fourth-order valence-electron chi connectivity index (χ4n) is 3.91. The Labute approximate surface area is 192 Å². The lowest BCUT2D eigenvalue weighted by molar-refractivity contribution is 0.250. The lowest BCUT2D eigenvalue weighted by atomic mass is 9.92. The van der Waals surface area contributed by atoms with Crippen molar-refractivity contribution in [3.63, 3.8) is 0 Å². The largest absolute Gasteiger partial charge is 0.489 e. The third-order valence-electron chi connectivity index (χ3n) is 6.11. The Bertz CT molecular complexity index is 930. The minimum atomic E-state index is -0.115. The van der Waals surface area contributed by atoms with E-state index in [4.69, 9.17) is 21.1 Å². The Morgan fingerprint density at radius 1 is 1.19 bits per heavy atom. The summed E-state index contributed by atoms with van der Waals surface area (Å²) >= 11 is 0. The average molecular weight is 434 g/mol. The summed E-state index contributed by atoms with van der Waals surface area (Å²) in [7, 11) is 0. The van der Waals surface area contributed by atoms with Gasteiger partial charge in [-0.3, -0.25) is 5.41 Å². The lowest BCUT2D eigenvalue weighted by Gasteiger charge is -2.42. The van der Waals surface area contributed by atoms with Gasteiger partial charge in [0.15, 0.2) is 5.96 Å². The van der Waals surface area contributed by atoms with Crippen molar-refractivity contribution in [3.8, 4) is 11.8 Å². The zero-order valence-corrected chi connectivity index (χ0v) is 19.5. The van der Waals surface area contributed by atoms with Crippen LogP contribution in [-0.4, -0.2) is 36.5 Å². The normalized spacial score (nSPS) is 16.3. The molecule has 0 spiro atoms. The molecule has 1 fully saturated rings. The molecule has 3 rings (SSSR count). The van der Waals surface area contributed by atoms with E-state index in [1.54, 1.807) is 12.1 Å². The molecule has 0 saturated carbocycles. The van der Waals surface area contributed by atoms with Crippen molar-refractivity contribution < 1.29 is 4.74 Å². The lowest BCUT2D eigenvalue weighted by Crippen LogP contribution is -2.53. The van der Waals surface area contributed by atoms with E-state index in [0.717, 1.165) is 36.4 Å². The van der Waals surface area contributed by atoms with Crippen LogP contribution in [0.25, 0.3) is 0 Å². The van der Waals surface area contributed by atoms with E-state index in [2.05, 4.69) is 36.6 Å². The van der Waals surface area contributed by atoms with Crippen molar-refractivity contribution in [2.45, 2.75) is 52.7 Å². The second kappa shape index (κ2) is 10.5. The number of nitriles is 1. The molecular formula is C26H35N5O. The summed E-state index contributed by atoms with van der Waals surface area (Å²) in [5.41, 5.74) is 8.54. The standard InChI is InChI=1S/C26H35N5O/c1-20-6-4-5-15-30(20)25(29)31(19-26(2,3)18-28)23-11-13-24(14-12-23)32-17-22-9-7-21(16-27)8-10-22/h7-14,20,29H,4-6,15,17-19,28H2,1-3H3. The number of hydrogen-bond donors (Lipinski definition) is 2. The summed E-state index contributed by atoms with van der Waals surface area (Å²) in [5.74, 6) is 1.32. The smallest absolute Gasteiger partial charge is 0.198 e.